The standard InChI is InChI=1S/C24H24N2O4/c1-2-29-21-14-8-9-15-22(21)30-17-23(27)25-26-24(28)20-13-7-6-12-19(20)16-18-10-4-3-5-11-18/h3-15H,2,16-17H2,1H3,(H,25,27)(H,26,28). The highest BCUT2D eigenvalue weighted by molar-refractivity contribution is 5.96. The van der Waals surface area contributed by atoms with Crippen LogP contribution >= 0.6 is 0 Å². The molecular formula is C24H24N2O4. The number of rotatable bonds is 8. The molecule has 6 heteroatoms. The van der Waals surface area contributed by atoms with Gasteiger partial charge in [0.25, 0.3) is 11.8 Å². The van der Waals surface area contributed by atoms with Crippen LogP contribution in [0.5, 0.6) is 11.5 Å². The van der Waals surface area contributed by atoms with E-state index in [1.807, 2.05) is 55.5 Å². The Labute approximate surface area is 175 Å². The van der Waals surface area contributed by atoms with Crippen LogP contribution in [0.1, 0.15) is 28.4 Å². The van der Waals surface area contributed by atoms with Gasteiger partial charge in [-0.2, -0.15) is 0 Å². The molecule has 0 unspecified atom stereocenters. The molecule has 0 saturated heterocycles. The molecule has 3 aromatic rings. The number of hydrogen-bond acceptors (Lipinski definition) is 4. The molecule has 0 heterocycles. The lowest BCUT2D eigenvalue weighted by Gasteiger charge is -2.13. The molecule has 0 spiro atoms. The molecule has 30 heavy (non-hydrogen) atoms. The summed E-state index contributed by atoms with van der Waals surface area (Å²) in [5.41, 5.74) is 7.32. The van der Waals surface area contributed by atoms with E-state index in [4.69, 9.17) is 9.47 Å². The largest absolute Gasteiger partial charge is 0.490 e. The Morgan fingerprint density at radius 2 is 1.40 bits per heavy atom. The van der Waals surface area contributed by atoms with Crippen LogP contribution < -0.4 is 20.3 Å². The van der Waals surface area contributed by atoms with E-state index < -0.39 is 5.91 Å². The molecule has 3 aromatic carbocycles. The molecule has 0 aliphatic heterocycles. The molecule has 0 atom stereocenters. The quantitative estimate of drug-likeness (QED) is 0.563. The van der Waals surface area contributed by atoms with Gasteiger partial charge < -0.3 is 9.47 Å². The number of hydrazine groups is 1. The van der Waals surface area contributed by atoms with Gasteiger partial charge >= 0.3 is 0 Å². The van der Waals surface area contributed by atoms with Crippen LogP contribution in [-0.4, -0.2) is 25.0 Å². The number of nitrogens with one attached hydrogen (secondary N) is 2. The number of benzene rings is 3. The van der Waals surface area contributed by atoms with Crippen LogP contribution in [0, 0.1) is 0 Å². The van der Waals surface area contributed by atoms with Crippen LogP contribution in [0.15, 0.2) is 78.9 Å². The molecule has 0 saturated carbocycles. The van der Waals surface area contributed by atoms with Gasteiger partial charge in [-0.1, -0.05) is 60.7 Å². The summed E-state index contributed by atoms with van der Waals surface area (Å²) in [4.78, 5) is 24.7. The third kappa shape index (κ3) is 5.85. The number of carbonyl (C=O) groups excluding carboxylic acids is 2. The van der Waals surface area contributed by atoms with E-state index in [-0.39, 0.29) is 12.5 Å². The lowest BCUT2D eigenvalue weighted by molar-refractivity contribution is -0.123. The highest BCUT2D eigenvalue weighted by atomic mass is 16.5. The van der Waals surface area contributed by atoms with E-state index in [0.717, 1.165) is 11.1 Å². The van der Waals surface area contributed by atoms with Gasteiger partial charge in [0.1, 0.15) is 0 Å². The molecule has 0 bridgehead atoms. The van der Waals surface area contributed by atoms with Crippen molar-refractivity contribution in [2.75, 3.05) is 13.2 Å². The number of amides is 2. The first-order valence-corrected chi connectivity index (χ1v) is 9.73. The Bertz CT molecular complexity index is 989. The Morgan fingerprint density at radius 3 is 2.13 bits per heavy atom. The van der Waals surface area contributed by atoms with Crippen molar-refractivity contribution >= 4 is 11.8 Å². The molecule has 0 aromatic heterocycles. The van der Waals surface area contributed by atoms with Crippen molar-refractivity contribution in [3.05, 3.63) is 95.6 Å². The average Bonchev–Trinajstić information content (AvgIpc) is 2.78. The van der Waals surface area contributed by atoms with Gasteiger partial charge in [0.05, 0.1) is 6.61 Å². The maximum Gasteiger partial charge on any atom is 0.276 e. The van der Waals surface area contributed by atoms with Crippen molar-refractivity contribution in [1.29, 1.82) is 0 Å². The van der Waals surface area contributed by atoms with Crippen LogP contribution in [0.4, 0.5) is 0 Å². The molecule has 0 radical (unpaired) electrons. The highest BCUT2D eigenvalue weighted by Crippen LogP contribution is 2.26. The van der Waals surface area contributed by atoms with Crippen molar-refractivity contribution in [3.63, 3.8) is 0 Å². The average molecular weight is 404 g/mol. The summed E-state index contributed by atoms with van der Waals surface area (Å²) in [6.45, 7) is 2.11. The molecule has 2 amide bonds. The lowest BCUT2D eigenvalue weighted by Crippen LogP contribution is -2.44. The Hall–Kier alpha value is -3.80. The molecule has 0 fully saturated rings. The fourth-order valence-corrected chi connectivity index (χ4v) is 2.93. The minimum Gasteiger partial charge on any atom is -0.490 e. The molecule has 0 aliphatic carbocycles. The second kappa shape index (κ2) is 10.7. The minimum absolute atomic E-state index is 0.254. The van der Waals surface area contributed by atoms with Crippen molar-refractivity contribution < 1.29 is 19.1 Å². The van der Waals surface area contributed by atoms with Gasteiger partial charge in [0.15, 0.2) is 18.1 Å². The Kier molecular flexibility index (Phi) is 7.44. The third-order valence-electron chi connectivity index (χ3n) is 4.32. The first kappa shape index (κ1) is 20.9. The van der Waals surface area contributed by atoms with E-state index in [1.54, 1.807) is 30.3 Å². The Morgan fingerprint density at radius 1 is 0.767 bits per heavy atom. The zero-order valence-corrected chi connectivity index (χ0v) is 16.8. The normalized spacial score (nSPS) is 10.2. The van der Waals surface area contributed by atoms with Crippen LogP contribution in [-0.2, 0) is 11.2 Å². The highest BCUT2D eigenvalue weighted by Gasteiger charge is 2.13. The number of para-hydroxylation sites is 2. The van der Waals surface area contributed by atoms with Gasteiger partial charge in [0.2, 0.25) is 0 Å². The second-order valence-corrected chi connectivity index (χ2v) is 6.49. The number of ether oxygens (including phenoxy) is 2. The van der Waals surface area contributed by atoms with Crippen molar-refractivity contribution in [2.24, 2.45) is 0 Å². The third-order valence-corrected chi connectivity index (χ3v) is 4.32. The van der Waals surface area contributed by atoms with E-state index in [1.165, 1.54) is 0 Å². The van der Waals surface area contributed by atoms with E-state index in [0.29, 0.717) is 30.1 Å². The van der Waals surface area contributed by atoms with Crippen molar-refractivity contribution in [1.82, 2.24) is 10.9 Å². The molecule has 6 nitrogen and oxygen atoms in total. The van der Waals surface area contributed by atoms with Gasteiger partial charge in [-0.15, -0.1) is 0 Å². The predicted molar refractivity (Wildman–Crippen MR) is 114 cm³/mol. The summed E-state index contributed by atoms with van der Waals surface area (Å²) in [6.07, 6.45) is 0.621. The van der Waals surface area contributed by atoms with Crippen LogP contribution in [0.25, 0.3) is 0 Å². The second-order valence-electron chi connectivity index (χ2n) is 6.49. The first-order valence-electron chi connectivity index (χ1n) is 9.73. The smallest absolute Gasteiger partial charge is 0.276 e. The summed E-state index contributed by atoms with van der Waals surface area (Å²) in [5.74, 6) is 0.167. The maximum absolute atomic E-state index is 12.6. The number of carbonyl (C=O) groups is 2. The Balaban J connectivity index is 1.55. The van der Waals surface area contributed by atoms with Gasteiger partial charge in [0, 0.05) is 5.56 Å². The van der Waals surface area contributed by atoms with Crippen LogP contribution in [0.2, 0.25) is 0 Å². The van der Waals surface area contributed by atoms with Crippen molar-refractivity contribution in [2.45, 2.75) is 13.3 Å². The number of hydrogen-bond donors (Lipinski definition) is 2. The van der Waals surface area contributed by atoms with E-state index >= 15 is 0 Å². The summed E-state index contributed by atoms with van der Waals surface area (Å²) < 4.78 is 11.0. The van der Waals surface area contributed by atoms with Crippen LogP contribution in [0.3, 0.4) is 0 Å². The van der Waals surface area contributed by atoms with Gasteiger partial charge in [-0.3, -0.25) is 20.4 Å². The predicted octanol–water partition coefficient (Wildman–Crippen LogP) is 3.52. The molecule has 2 N–H and O–H groups in total. The summed E-state index contributed by atoms with van der Waals surface area (Å²) in [5, 5.41) is 0. The molecular weight excluding hydrogens is 380 g/mol. The maximum atomic E-state index is 12.6. The van der Waals surface area contributed by atoms with E-state index in [2.05, 4.69) is 10.9 Å². The summed E-state index contributed by atoms with van der Waals surface area (Å²) >= 11 is 0. The molecule has 0 aliphatic rings. The first-order chi connectivity index (χ1) is 14.7. The monoisotopic (exact) mass is 404 g/mol. The van der Waals surface area contributed by atoms with Crippen molar-refractivity contribution in [3.8, 4) is 11.5 Å². The van der Waals surface area contributed by atoms with Gasteiger partial charge in [-0.05, 0) is 42.7 Å². The van der Waals surface area contributed by atoms with E-state index in [9.17, 15) is 9.59 Å². The summed E-state index contributed by atoms with van der Waals surface area (Å²) in [7, 11) is 0. The van der Waals surface area contributed by atoms with Gasteiger partial charge in [-0.25, -0.2) is 0 Å². The SMILES string of the molecule is CCOc1ccccc1OCC(=O)NNC(=O)c1ccccc1Cc1ccccc1. The minimum atomic E-state index is -0.477. The summed E-state index contributed by atoms with van der Waals surface area (Å²) in [6, 6.07) is 24.3. The fraction of sp³-hybridized carbons (Fsp3) is 0.167. The topological polar surface area (TPSA) is 76.7 Å². The fourth-order valence-electron chi connectivity index (χ4n) is 2.93. The zero-order valence-electron chi connectivity index (χ0n) is 16.8. The zero-order chi connectivity index (χ0) is 21.2. The molecule has 3 rings (SSSR count). The molecule has 154 valence electrons. The lowest BCUT2D eigenvalue weighted by atomic mass is 9.99.